The van der Waals surface area contributed by atoms with Crippen LogP contribution in [0.15, 0.2) is 30.3 Å². The van der Waals surface area contributed by atoms with Crippen LogP contribution in [0.5, 0.6) is 0 Å². The largest absolute Gasteiger partial charge is 0.481 e. The zero-order valence-corrected chi connectivity index (χ0v) is 14.1. The molecule has 1 aromatic carbocycles. The van der Waals surface area contributed by atoms with Gasteiger partial charge in [-0.25, -0.2) is 4.79 Å². The van der Waals surface area contributed by atoms with E-state index in [9.17, 15) is 9.59 Å². The molecule has 130 valence electrons. The zero-order chi connectivity index (χ0) is 17.9. The highest BCUT2D eigenvalue weighted by Crippen LogP contribution is 2.13. The number of aliphatic hydroxyl groups is 1. The van der Waals surface area contributed by atoms with Crippen LogP contribution in [0.2, 0.25) is 0 Å². The lowest BCUT2D eigenvalue weighted by molar-refractivity contribution is -0.936. The molecular weight excluding hydrogens is 298 g/mol. The summed E-state index contributed by atoms with van der Waals surface area (Å²) in [5.74, 6) is -2.85. The molecule has 3 N–H and O–H groups in total. The Morgan fingerprint density at radius 3 is 1.78 bits per heavy atom. The average Bonchev–Trinajstić information content (AvgIpc) is 2.53. The highest BCUT2D eigenvalue weighted by Gasteiger charge is 2.20. The molecule has 0 saturated heterocycles. The molecule has 1 atom stereocenters. The lowest BCUT2D eigenvalue weighted by Gasteiger charge is -2.35. The van der Waals surface area contributed by atoms with E-state index >= 15 is 0 Å². The van der Waals surface area contributed by atoms with Gasteiger partial charge in [-0.2, -0.15) is 0 Å². The molecule has 6 nitrogen and oxygen atoms in total. The van der Waals surface area contributed by atoms with Crippen LogP contribution in [-0.4, -0.2) is 57.5 Å². The van der Waals surface area contributed by atoms with Gasteiger partial charge in [0.15, 0.2) is 6.10 Å². The molecular formula is C17H28NO5+. The quantitative estimate of drug-likeness (QED) is 0.635. The number of nitrogens with zero attached hydrogens (tertiary/aromatic N) is 1. The van der Waals surface area contributed by atoms with Gasteiger partial charge in [0.05, 0.1) is 26.1 Å². The van der Waals surface area contributed by atoms with Gasteiger partial charge < -0.3 is 19.8 Å². The molecule has 0 amide bonds. The monoisotopic (exact) mass is 326 g/mol. The molecule has 23 heavy (non-hydrogen) atoms. The molecule has 0 spiro atoms. The van der Waals surface area contributed by atoms with Crippen LogP contribution < -0.4 is 0 Å². The zero-order valence-electron chi connectivity index (χ0n) is 14.1. The van der Waals surface area contributed by atoms with Crippen molar-refractivity contribution in [3.8, 4) is 0 Å². The predicted molar refractivity (Wildman–Crippen MR) is 87.9 cm³/mol. The fourth-order valence-electron chi connectivity index (χ4n) is 2.23. The summed E-state index contributed by atoms with van der Waals surface area (Å²) >= 11 is 0. The fourth-order valence-corrected chi connectivity index (χ4v) is 2.23. The lowest BCUT2D eigenvalue weighted by Crippen LogP contribution is -2.46. The summed E-state index contributed by atoms with van der Waals surface area (Å²) in [6.45, 7) is 11.7. The van der Waals surface area contributed by atoms with Crippen molar-refractivity contribution < 1.29 is 29.4 Å². The van der Waals surface area contributed by atoms with Crippen LogP contribution in [0.25, 0.3) is 0 Å². The number of hydrogen-bond donors (Lipinski definition) is 3. The van der Waals surface area contributed by atoms with Crippen LogP contribution in [0.3, 0.4) is 0 Å². The molecule has 0 radical (unpaired) electrons. The van der Waals surface area contributed by atoms with Crippen molar-refractivity contribution in [1.82, 2.24) is 0 Å². The van der Waals surface area contributed by atoms with Crippen molar-refractivity contribution in [3.05, 3.63) is 35.9 Å². The molecule has 6 heteroatoms. The second-order valence-corrected chi connectivity index (χ2v) is 5.39. The van der Waals surface area contributed by atoms with Gasteiger partial charge in [0.25, 0.3) is 0 Å². The van der Waals surface area contributed by atoms with E-state index in [1.54, 1.807) is 0 Å². The van der Waals surface area contributed by atoms with Gasteiger partial charge >= 0.3 is 11.9 Å². The van der Waals surface area contributed by atoms with Gasteiger partial charge in [-0.3, -0.25) is 4.79 Å². The highest BCUT2D eigenvalue weighted by atomic mass is 16.4. The first-order chi connectivity index (χ1) is 10.8. The molecule has 0 bridgehead atoms. The number of aliphatic hydroxyl groups excluding tert-OH is 1. The summed E-state index contributed by atoms with van der Waals surface area (Å²) in [4.78, 5) is 19.4. The Labute approximate surface area is 137 Å². The number of rotatable bonds is 8. The molecule has 0 aromatic heterocycles. The number of quaternary nitrogens is 1. The minimum atomic E-state index is -1.79. The predicted octanol–water partition coefficient (Wildman–Crippen LogP) is 1.97. The standard InChI is InChI=1S/C13H22N.C4H6O5/c1-4-14(5-2,6-3)12-13-10-8-7-9-11-13;5-2(4(8)9)1-3(6)7/h7-11H,4-6,12H2,1-3H3;2,5H,1H2,(H,6,7)(H,8,9)/q+1;. The van der Waals surface area contributed by atoms with Gasteiger partial charge in [-0.15, -0.1) is 0 Å². The highest BCUT2D eigenvalue weighted by molar-refractivity contribution is 5.79. The Bertz CT molecular complexity index is 463. The Kier molecular flexibility index (Phi) is 9.85. The summed E-state index contributed by atoms with van der Waals surface area (Å²) in [6.07, 6.45) is -2.54. The maximum Gasteiger partial charge on any atom is 0.333 e. The maximum atomic E-state index is 9.72. The number of hydrogen-bond acceptors (Lipinski definition) is 3. The number of carboxylic acids is 2. The van der Waals surface area contributed by atoms with Gasteiger partial charge in [0.1, 0.15) is 6.54 Å². The molecule has 1 unspecified atom stereocenters. The lowest BCUT2D eigenvalue weighted by atomic mass is 10.2. The molecule has 0 aliphatic heterocycles. The molecule has 0 aliphatic carbocycles. The Morgan fingerprint density at radius 1 is 1.00 bits per heavy atom. The second kappa shape index (κ2) is 10.7. The van der Waals surface area contributed by atoms with Crippen LogP contribution in [-0.2, 0) is 16.1 Å². The average molecular weight is 326 g/mol. The van der Waals surface area contributed by atoms with Crippen LogP contribution in [0.1, 0.15) is 32.8 Å². The summed E-state index contributed by atoms with van der Waals surface area (Å²) in [5, 5.41) is 24.1. The van der Waals surface area contributed by atoms with Gasteiger partial charge in [0.2, 0.25) is 0 Å². The van der Waals surface area contributed by atoms with Crippen molar-refractivity contribution >= 4 is 11.9 Å². The molecule has 0 saturated carbocycles. The Balaban J connectivity index is 0.000000468. The van der Waals surface area contributed by atoms with E-state index in [1.165, 1.54) is 36.2 Å². The third-order valence-corrected chi connectivity index (χ3v) is 4.03. The first-order valence-corrected chi connectivity index (χ1v) is 7.81. The molecule has 0 heterocycles. The molecule has 0 aliphatic rings. The number of carbonyl (C=O) groups is 2. The second-order valence-electron chi connectivity index (χ2n) is 5.39. The number of benzene rings is 1. The van der Waals surface area contributed by atoms with Crippen molar-refractivity contribution in [3.63, 3.8) is 0 Å². The third-order valence-electron chi connectivity index (χ3n) is 4.03. The summed E-state index contributed by atoms with van der Waals surface area (Å²) in [5.41, 5.74) is 1.46. The number of aliphatic carboxylic acids is 2. The molecule has 0 fully saturated rings. The maximum absolute atomic E-state index is 9.72. The van der Waals surface area contributed by atoms with Crippen LogP contribution in [0.4, 0.5) is 0 Å². The van der Waals surface area contributed by atoms with Crippen molar-refractivity contribution in [2.45, 2.75) is 39.8 Å². The van der Waals surface area contributed by atoms with E-state index < -0.39 is 24.5 Å². The summed E-state index contributed by atoms with van der Waals surface area (Å²) < 4.78 is 1.20. The van der Waals surface area contributed by atoms with Crippen LogP contribution in [0, 0.1) is 0 Å². The smallest absolute Gasteiger partial charge is 0.333 e. The van der Waals surface area contributed by atoms with Gasteiger partial charge in [-0.1, -0.05) is 30.3 Å². The van der Waals surface area contributed by atoms with Crippen molar-refractivity contribution in [2.75, 3.05) is 19.6 Å². The number of carboxylic acid groups (broad SMARTS) is 2. The van der Waals surface area contributed by atoms with E-state index in [1.807, 2.05) is 0 Å². The van der Waals surface area contributed by atoms with E-state index in [2.05, 4.69) is 51.1 Å². The van der Waals surface area contributed by atoms with E-state index in [0.717, 1.165) is 0 Å². The molecule has 1 rings (SSSR count). The molecule has 1 aromatic rings. The minimum Gasteiger partial charge on any atom is -0.481 e. The van der Waals surface area contributed by atoms with E-state index in [-0.39, 0.29) is 0 Å². The first-order valence-electron chi connectivity index (χ1n) is 7.81. The topological polar surface area (TPSA) is 94.8 Å². The fraction of sp³-hybridized carbons (Fsp3) is 0.529. The first kappa shape index (κ1) is 21.1. The van der Waals surface area contributed by atoms with Gasteiger partial charge in [-0.05, 0) is 20.8 Å². The van der Waals surface area contributed by atoms with Crippen LogP contribution >= 0.6 is 0 Å². The minimum absolute atomic E-state index is 0.755. The van der Waals surface area contributed by atoms with Crippen molar-refractivity contribution in [1.29, 1.82) is 0 Å². The van der Waals surface area contributed by atoms with E-state index in [0.29, 0.717) is 0 Å². The SMILES string of the molecule is CC[N+](CC)(CC)Cc1ccccc1.O=C(O)CC(O)C(=O)O. The van der Waals surface area contributed by atoms with Gasteiger partial charge in [0, 0.05) is 5.56 Å². The Hall–Kier alpha value is -1.92. The third kappa shape index (κ3) is 8.32. The van der Waals surface area contributed by atoms with Crippen molar-refractivity contribution in [2.24, 2.45) is 0 Å². The normalized spacial score (nSPS) is 12.0. The summed E-state index contributed by atoms with van der Waals surface area (Å²) in [6, 6.07) is 10.8. The summed E-state index contributed by atoms with van der Waals surface area (Å²) in [7, 11) is 0. The van der Waals surface area contributed by atoms with E-state index in [4.69, 9.17) is 15.3 Å². The Morgan fingerprint density at radius 2 is 1.48 bits per heavy atom.